The van der Waals surface area contributed by atoms with Crippen LogP contribution in [0.5, 0.6) is 5.75 Å². The zero-order valence-electron chi connectivity index (χ0n) is 14.4. The Morgan fingerprint density at radius 3 is 2.68 bits per heavy atom. The molecule has 1 heterocycles. The largest absolute Gasteiger partial charge is 0.497 e. The highest BCUT2D eigenvalue weighted by atomic mass is 35.5. The van der Waals surface area contributed by atoms with Gasteiger partial charge in [-0.15, -0.1) is 23.7 Å². The second-order valence-corrected chi connectivity index (χ2v) is 7.36. The first-order valence-electron chi connectivity index (χ1n) is 8.40. The topological polar surface area (TPSA) is 64.3 Å². The molecule has 1 amide bonds. The fraction of sp³-hybridized carbons (Fsp3) is 0.421. The van der Waals surface area contributed by atoms with Crippen LogP contribution in [0.25, 0.3) is 11.1 Å². The van der Waals surface area contributed by atoms with Gasteiger partial charge in [-0.2, -0.15) is 0 Å². The third-order valence-corrected chi connectivity index (χ3v) is 5.64. The van der Waals surface area contributed by atoms with Gasteiger partial charge in [0.2, 0.25) is 5.91 Å². The van der Waals surface area contributed by atoms with Crippen LogP contribution in [0.2, 0.25) is 0 Å². The maximum absolute atomic E-state index is 12.1. The minimum Gasteiger partial charge on any atom is -0.497 e. The van der Waals surface area contributed by atoms with Crippen molar-refractivity contribution in [2.24, 2.45) is 11.7 Å². The quantitative estimate of drug-likeness (QED) is 0.796. The number of thiophene rings is 1. The molecule has 0 spiro atoms. The number of nitrogens with two attached hydrogens (primary N) is 1. The molecule has 4 nitrogen and oxygen atoms in total. The second-order valence-electron chi connectivity index (χ2n) is 6.37. The molecular formula is C19H25ClN2O2S. The van der Waals surface area contributed by atoms with E-state index in [1.807, 2.05) is 24.3 Å². The monoisotopic (exact) mass is 380 g/mol. The van der Waals surface area contributed by atoms with Crippen molar-refractivity contribution in [2.45, 2.75) is 38.3 Å². The number of amides is 1. The van der Waals surface area contributed by atoms with Gasteiger partial charge in [-0.05, 0) is 53.5 Å². The Hall–Kier alpha value is -1.56. The van der Waals surface area contributed by atoms with Gasteiger partial charge in [0.25, 0.3) is 0 Å². The summed E-state index contributed by atoms with van der Waals surface area (Å²) in [5, 5.41) is 5.15. The normalized spacial score (nSPS) is 19.3. The van der Waals surface area contributed by atoms with Crippen LogP contribution >= 0.6 is 23.7 Å². The smallest absolute Gasteiger partial charge is 0.220 e. The number of methoxy groups -OCH3 is 1. The van der Waals surface area contributed by atoms with Crippen LogP contribution in [0, 0.1) is 5.92 Å². The summed E-state index contributed by atoms with van der Waals surface area (Å²) in [7, 11) is 1.67. The van der Waals surface area contributed by atoms with Crippen molar-refractivity contribution in [3.05, 3.63) is 40.6 Å². The van der Waals surface area contributed by atoms with E-state index in [2.05, 4.69) is 16.8 Å². The van der Waals surface area contributed by atoms with E-state index in [-0.39, 0.29) is 24.4 Å². The molecule has 1 saturated carbocycles. The van der Waals surface area contributed by atoms with Gasteiger partial charge < -0.3 is 15.8 Å². The molecule has 2 aromatic rings. The first-order valence-corrected chi connectivity index (χ1v) is 9.28. The maximum atomic E-state index is 12.1. The zero-order chi connectivity index (χ0) is 16.9. The van der Waals surface area contributed by atoms with Gasteiger partial charge in [0.15, 0.2) is 0 Å². The summed E-state index contributed by atoms with van der Waals surface area (Å²) >= 11 is 1.67. The van der Waals surface area contributed by atoms with Crippen LogP contribution in [-0.2, 0) is 11.3 Å². The molecular weight excluding hydrogens is 356 g/mol. The first kappa shape index (κ1) is 19.8. The first-order chi connectivity index (χ1) is 11.7. The van der Waals surface area contributed by atoms with Crippen LogP contribution in [0.15, 0.2) is 35.7 Å². The van der Waals surface area contributed by atoms with E-state index < -0.39 is 0 Å². The number of halogens is 1. The van der Waals surface area contributed by atoms with E-state index >= 15 is 0 Å². The molecule has 6 heteroatoms. The van der Waals surface area contributed by atoms with Gasteiger partial charge in [0, 0.05) is 17.3 Å². The average Bonchev–Trinajstić information content (AvgIpc) is 3.23. The molecule has 1 aromatic carbocycles. The molecule has 0 aliphatic heterocycles. The summed E-state index contributed by atoms with van der Waals surface area (Å²) in [6.07, 6.45) is 3.83. The Morgan fingerprint density at radius 2 is 2.04 bits per heavy atom. The Morgan fingerprint density at radius 1 is 1.28 bits per heavy atom. The number of carbonyl (C=O) groups excluding carboxylic acids is 1. The van der Waals surface area contributed by atoms with Crippen LogP contribution < -0.4 is 15.8 Å². The molecule has 1 aliphatic carbocycles. The fourth-order valence-corrected chi connectivity index (χ4v) is 4.06. The minimum absolute atomic E-state index is 0. The van der Waals surface area contributed by atoms with Crippen molar-refractivity contribution in [3.8, 4) is 16.9 Å². The highest BCUT2D eigenvalue weighted by Gasteiger charge is 2.25. The minimum atomic E-state index is 0. The third kappa shape index (κ3) is 5.21. The Balaban J connectivity index is 0.00000225. The lowest BCUT2D eigenvalue weighted by Gasteiger charge is -2.14. The molecule has 0 radical (unpaired) electrons. The van der Waals surface area contributed by atoms with E-state index in [0.717, 1.165) is 35.5 Å². The number of benzene rings is 1. The summed E-state index contributed by atoms with van der Waals surface area (Å²) < 4.78 is 5.18. The predicted molar refractivity (Wildman–Crippen MR) is 105 cm³/mol. The molecule has 0 bridgehead atoms. The summed E-state index contributed by atoms with van der Waals surface area (Å²) in [4.78, 5) is 13.2. The van der Waals surface area contributed by atoms with Crippen molar-refractivity contribution in [3.63, 3.8) is 0 Å². The summed E-state index contributed by atoms with van der Waals surface area (Å²) in [6.45, 7) is 0.585. The molecule has 0 unspecified atom stereocenters. The number of ether oxygens (including phenoxy) is 1. The lowest BCUT2D eigenvalue weighted by Crippen LogP contribution is -2.31. The zero-order valence-corrected chi connectivity index (χ0v) is 16.0. The van der Waals surface area contributed by atoms with Gasteiger partial charge in [-0.25, -0.2) is 0 Å². The standard InChI is InChI=1S/C19H24N2O2S.ClH/c1-23-16-7-5-13(6-8-16)15-9-17(24-12-15)11-21-19(22)10-14-3-2-4-18(14)20;/h5-9,12,14,18H,2-4,10-11,20H2,1H3,(H,21,22);1H/t14-,18+;/m0./s1. The number of nitrogens with one attached hydrogen (secondary N) is 1. The van der Waals surface area contributed by atoms with E-state index in [1.165, 1.54) is 5.56 Å². The van der Waals surface area contributed by atoms with E-state index in [9.17, 15) is 4.79 Å². The van der Waals surface area contributed by atoms with Gasteiger partial charge in [-0.1, -0.05) is 18.6 Å². The lowest BCUT2D eigenvalue weighted by molar-refractivity contribution is -0.122. The van der Waals surface area contributed by atoms with Gasteiger partial charge in [-0.3, -0.25) is 4.79 Å². The molecule has 1 aliphatic rings. The number of hydrogen-bond donors (Lipinski definition) is 2. The van der Waals surface area contributed by atoms with Crippen molar-refractivity contribution in [1.82, 2.24) is 5.32 Å². The molecule has 136 valence electrons. The molecule has 1 aromatic heterocycles. The number of carbonyl (C=O) groups is 1. The van der Waals surface area contributed by atoms with Crippen LogP contribution in [0.1, 0.15) is 30.6 Å². The molecule has 25 heavy (non-hydrogen) atoms. The molecule has 0 saturated heterocycles. The SMILES string of the molecule is COc1ccc(-c2csc(CNC(=O)C[C@@H]3CCC[C@H]3N)c2)cc1.Cl. The molecule has 2 atom stereocenters. The predicted octanol–water partition coefficient (Wildman–Crippen LogP) is 3.98. The third-order valence-electron chi connectivity index (χ3n) is 4.70. The van der Waals surface area contributed by atoms with Crippen molar-refractivity contribution in [2.75, 3.05) is 7.11 Å². The van der Waals surface area contributed by atoms with Crippen molar-refractivity contribution >= 4 is 29.7 Å². The second kappa shape index (κ2) is 9.22. The van der Waals surface area contributed by atoms with Crippen molar-refractivity contribution < 1.29 is 9.53 Å². The average molecular weight is 381 g/mol. The highest BCUT2D eigenvalue weighted by Crippen LogP contribution is 2.28. The lowest BCUT2D eigenvalue weighted by atomic mass is 10.00. The Bertz CT molecular complexity index is 687. The van der Waals surface area contributed by atoms with Gasteiger partial charge >= 0.3 is 0 Å². The number of rotatable bonds is 6. The van der Waals surface area contributed by atoms with E-state index in [4.69, 9.17) is 10.5 Å². The molecule has 3 rings (SSSR count). The van der Waals surface area contributed by atoms with E-state index in [0.29, 0.717) is 18.9 Å². The molecule has 1 fully saturated rings. The fourth-order valence-electron chi connectivity index (χ4n) is 3.22. The van der Waals surface area contributed by atoms with Gasteiger partial charge in [0.05, 0.1) is 13.7 Å². The maximum Gasteiger partial charge on any atom is 0.220 e. The van der Waals surface area contributed by atoms with Crippen molar-refractivity contribution in [1.29, 1.82) is 0 Å². The summed E-state index contributed by atoms with van der Waals surface area (Å²) in [5.41, 5.74) is 8.36. The van der Waals surface area contributed by atoms with Gasteiger partial charge in [0.1, 0.15) is 5.75 Å². The molecule has 3 N–H and O–H groups in total. The number of hydrogen-bond acceptors (Lipinski definition) is 4. The van der Waals surface area contributed by atoms with Crippen LogP contribution in [-0.4, -0.2) is 19.1 Å². The highest BCUT2D eigenvalue weighted by molar-refractivity contribution is 7.10. The van der Waals surface area contributed by atoms with Crippen LogP contribution in [0.4, 0.5) is 0 Å². The Kier molecular flexibility index (Phi) is 7.29. The summed E-state index contributed by atoms with van der Waals surface area (Å²) in [5.74, 6) is 1.31. The van der Waals surface area contributed by atoms with E-state index in [1.54, 1.807) is 18.4 Å². The van der Waals surface area contributed by atoms with Crippen LogP contribution in [0.3, 0.4) is 0 Å². The Labute approximate surface area is 159 Å². The summed E-state index contributed by atoms with van der Waals surface area (Å²) in [6, 6.07) is 10.3.